The van der Waals surface area contributed by atoms with Gasteiger partial charge in [0.1, 0.15) is 23.7 Å². The number of imidazole rings is 2. The molecule has 2 aliphatic heterocycles. The van der Waals surface area contributed by atoms with Crippen molar-refractivity contribution in [1.82, 2.24) is 50.2 Å². The zero-order valence-electron chi connectivity index (χ0n) is 36.8. The van der Waals surface area contributed by atoms with E-state index >= 15 is 0 Å². The maximum atomic E-state index is 14.1. The molecule has 8 rings (SSSR count). The second-order valence-electron chi connectivity index (χ2n) is 17.2. The zero-order chi connectivity index (χ0) is 44.7. The Bertz CT molecular complexity index is 2360. The van der Waals surface area contributed by atoms with E-state index in [0.717, 1.165) is 82.1 Å². The summed E-state index contributed by atoms with van der Waals surface area (Å²) < 4.78 is 0. The Balaban J connectivity index is 0.922. The number of rotatable bonds is 15. The van der Waals surface area contributed by atoms with Crippen molar-refractivity contribution < 1.29 is 19.2 Å². The highest BCUT2D eigenvalue weighted by molar-refractivity contribution is 5.90. The number of carbonyl (C=O) groups excluding carboxylic acids is 4. The minimum atomic E-state index is -0.795. The fourth-order valence-corrected chi connectivity index (χ4v) is 8.80. The monoisotopic (exact) mass is 860 g/mol. The van der Waals surface area contributed by atoms with Crippen molar-refractivity contribution in [1.29, 1.82) is 0 Å². The Morgan fingerprint density at radius 3 is 1.28 bits per heavy atom. The van der Waals surface area contributed by atoms with Crippen LogP contribution in [-0.2, 0) is 19.2 Å². The predicted octanol–water partition coefficient (Wildman–Crippen LogP) is 6.30. The van der Waals surface area contributed by atoms with Crippen molar-refractivity contribution in [2.45, 2.75) is 49.9 Å². The minimum absolute atomic E-state index is 0.147. The molecule has 64 heavy (non-hydrogen) atoms. The number of likely N-dealkylation sites (N-methyl/N-ethyl adjacent to an activating group) is 2. The lowest BCUT2D eigenvalue weighted by Crippen LogP contribution is -2.45. The van der Waals surface area contributed by atoms with E-state index < -0.39 is 12.1 Å². The molecule has 2 fully saturated rings. The lowest BCUT2D eigenvalue weighted by Gasteiger charge is -2.29. The Kier molecular flexibility index (Phi) is 13.4. The number of aromatic amines is 2. The average Bonchev–Trinajstić information content (AvgIpc) is 4.15. The summed E-state index contributed by atoms with van der Waals surface area (Å²) in [4.78, 5) is 77.7. The fourth-order valence-electron chi connectivity index (χ4n) is 8.80. The summed E-state index contributed by atoms with van der Waals surface area (Å²) in [6.07, 6.45) is 6.85. The summed E-state index contributed by atoms with van der Waals surface area (Å²) in [7, 11) is 7.30. The van der Waals surface area contributed by atoms with Gasteiger partial charge in [0.2, 0.25) is 23.6 Å². The van der Waals surface area contributed by atoms with E-state index in [1.807, 2.05) is 111 Å². The number of nitrogens with one attached hydrogen (secondary N) is 4. The van der Waals surface area contributed by atoms with Crippen LogP contribution in [0.3, 0.4) is 0 Å². The summed E-state index contributed by atoms with van der Waals surface area (Å²) in [5, 5.41) is 5.95. The molecule has 330 valence electrons. The average molecular weight is 861 g/mol. The molecule has 0 radical (unpaired) electrons. The van der Waals surface area contributed by atoms with Crippen molar-refractivity contribution in [3.05, 3.63) is 144 Å². The topological polar surface area (TPSA) is 163 Å². The molecular weight excluding hydrogens is 805 g/mol. The molecule has 0 unspecified atom stereocenters. The molecule has 2 aromatic heterocycles. The zero-order valence-corrected chi connectivity index (χ0v) is 36.8. The first kappa shape index (κ1) is 43.7. The highest BCUT2D eigenvalue weighted by Gasteiger charge is 2.38. The van der Waals surface area contributed by atoms with Crippen molar-refractivity contribution in [2.75, 3.05) is 54.4 Å². The van der Waals surface area contributed by atoms with Crippen molar-refractivity contribution in [3.8, 4) is 33.6 Å². The van der Waals surface area contributed by atoms with Gasteiger partial charge in [-0.1, -0.05) is 109 Å². The van der Waals surface area contributed by atoms with Crippen LogP contribution in [0.2, 0.25) is 0 Å². The standard InChI is InChI=1S/C50H56N10O4/c1-57(2)31-43(61)55-45(37-13-7-5-8-14-37)49(63)59-27-11-17-41(59)47-51-29-39(53-47)35-23-19-33(20-24-35)34-21-25-36(26-22-34)40-30-52-48(54-40)42-18-12-28-60(42)50(64)46(38-15-9-6-10-16-38)56-44(62)32-58(3)4/h5-10,13-16,19-26,29-30,41-42,45-46H,11-12,17-18,27-28,31-32H2,1-4H3,(H,51,53)(H,52,54)(H,55,61)(H,56,62)/t41-,42-,45+,46+/m0/s1. The van der Waals surface area contributed by atoms with Gasteiger partial charge in [-0.3, -0.25) is 19.2 Å². The van der Waals surface area contributed by atoms with Gasteiger partial charge < -0.3 is 40.2 Å². The third-order valence-electron chi connectivity index (χ3n) is 11.9. The molecule has 4 heterocycles. The number of benzene rings is 4. The second kappa shape index (κ2) is 19.7. The van der Waals surface area contributed by atoms with Gasteiger partial charge >= 0.3 is 0 Å². The Hall–Kier alpha value is -6.90. The molecule has 0 aliphatic carbocycles. The summed E-state index contributed by atoms with van der Waals surface area (Å²) in [5.74, 6) is 0.727. The molecular formula is C50H56N10O4. The van der Waals surface area contributed by atoms with Crippen LogP contribution in [-0.4, -0.2) is 118 Å². The van der Waals surface area contributed by atoms with E-state index in [2.05, 4.69) is 69.1 Å². The summed E-state index contributed by atoms with van der Waals surface area (Å²) >= 11 is 0. The number of nitrogens with zero attached hydrogens (tertiary/aromatic N) is 6. The number of hydrogen-bond donors (Lipinski definition) is 4. The second-order valence-corrected chi connectivity index (χ2v) is 17.2. The third kappa shape index (κ3) is 9.98. The highest BCUT2D eigenvalue weighted by atomic mass is 16.2. The molecule has 0 spiro atoms. The Morgan fingerprint density at radius 1 is 0.562 bits per heavy atom. The number of carbonyl (C=O) groups is 4. The first-order valence-electron chi connectivity index (χ1n) is 21.9. The van der Waals surface area contributed by atoms with E-state index in [4.69, 9.17) is 9.97 Å². The van der Waals surface area contributed by atoms with E-state index in [-0.39, 0.29) is 48.8 Å². The SMILES string of the molecule is CN(C)CC(=O)N[C@@H](C(=O)N1CCC[C@H]1c1ncc(-c2ccc(-c3ccc(-c4cnc([C@@H]5CCCN5C(=O)[C@H](NC(=O)CN(C)C)c5ccccc5)[nH]4)cc3)cc2)[nH]1)c1ccccc1. The molecule has 6 aromatic rings. The predicted molar refractivity (Wildman–Crippen MR) is 246 cm³/mol. The Labute approximate surface area is 374 Å². The van der Waals surface area contributed by atoms with Crippen LogP contribution in [0.4, 0.5) is 0 Å². The summed E-state index contributed by atoms with van der Waals surface area (Å²) in [6.45, 7) is 1.53. The molecule has 2 saturated heterocycles. The largest absolute Gasteiger partial charge is 0.340 e. The van der Waals surface area contributed by atoms with Gasteiger partial charge in [-0.25, -0.2) is 9.97 Å². The van der Waals surface area contributed by atoms with E-state index in [9.17, 15) is 19.2 Å². The van der Waals surface area contributed by atoms with Gasteiger partial charge in [0.05, 0.1) is 49.0 Å². The number of likely N-dealkylation sites (tertiary alicyclic amines) is 2. The minimum Gasteiger partial charge on any atom is -0.340 e. The normalized spacial score (nSPS) is 17.2. The van der Waals surface area contributed by atoms with Crippen molar-refractivity contribution in [2.24, 2.45) is 0 Å². The summed E-state index contributed by atoms with van der Waals surface area (Å²) in [5.41, 5.74) is 7.27. The van der Waals surface area contributed by atoms with E-state index in [0.29, 0.717) is 13.1 Å². The molecule has 0 bridgehead atoms. The highest BCUT2D eigenvalue weighted by Crippen LogP contribution is 2.36. The lowest BCUT2D eigenvalue weighted by atomic mass is 10.0. The number of amides is 4. The molecule has 0 saturated carbocycles. The van der Waals surface area contributed by atoms with Gasteiger partial charge in [-0.15, -0.1) is 0 Å². The molecule has 4 amide bonds. The Morgan fingerprint density at radius 2 is 0.922 bits per heavy atom. The maximum Gasteiger partial charge on any atom is 0.250 e. The van der Waals surface area contributed by atoms with Gasteiger partial charge in [-0.05, 0) is 87.3 Å². The van der Waals surface area contributed by atoms with Gasteiger partial charge in [-0.2, -0.15) is 0 Å². The van der Waals surface area contributed by atoms with Crippen LogP contribution in [0, 0.1) is 0 Å². The van der Waals surface area contributed by atoms with E-state index in [1.54, 1.807) is 9.80 Å². The van der Waals surface area contributed by atoms with Gasteiger partial charge in [0, 0.05) is 13.1 Å². The van der Waals surface area contributed by atoms with E-state index in [1.165, 1.54) is 0 Å². The molecule has 4 N–H and O–H groups in total. The van der Waals surface area contributed by atoms with Crippen molar-refractivity contribution >= 4 is 23.6 Å². The van der Waals surface area contributed by atoms with Crippen LogP contribution in [0.25, 0.3) is 33.6 Å². The molecule has 2 aliphatic rings. The maximum absolute atomic E-state index is 14.1. The van der Waals surface area contributed by atoms with Gasteiger partial charge in [0.25, 0.3) is 0 Å². The number of aromatic nitrogens is 4. The first-order valence-corrected chi connectivity index (χ1v) is 21.9. The smallest absolute Gasteiger partial charge is 0.250 e. The van der Waals surface area contributed by atoms with Crippen LogP contribution >= 0.6 is 0 Å². The van der Waals surface area contributed by atoms with Crippen LogP contribution in [0.1, 0.15) is 72.6 Å². The molecule has 14 nitrogen and oxygen atoms in total. The third-order valence-corrected chi connectivity index (χ3v) is 11.9. The molecule has 4 atom stereocenters. The van der Waals surface area contributed by atoms with Crippen LogP contribution in [0.5, 0.6) is 0 Å². The first-order chi connectivity index (χ1) is 31.0. The van der Waals surface area contributed by atoms with Crippen LogP contribution < -0.4 is 10.6 Å². The van der Waals surface area contributed by atoms with Gasteiger partial charge in [0.15, 0.2) is 0 Å². The summed E-state index contributed by atoms with van der Waals surface area (Å²) in [6, 6.07) is 33.3. The number of hydrogen-bond acceptors (Lipinski definition) is 8. The molecule has 14 heteroatoms. The molecule has 4 aromatic carbocycles. The fraction of sp³-hybridized carbons (Fsp3) is 0.320. The lowest BCUT2D eigenvalue weighted by molar-refractivity contribution is -0.138. The number of H-pyrrole nitrogens is 2. The van der Waals surface area contributed by atoms with Crippen LogP contribution in [0.15, 0.2) is 122 Å². The van der Waals surface area contributed by atoms with Crippen molar-refractivity contribution in [3.63, 3.8) is 0 Å². The quantitative estimate of drug-likeness (QED) is 0.0936.